The topological polar surface area (TPSA) is 26.0 Å². The fourth-order valence-electron chi connectivity index (χ4n) is 2.02. The molecular formula is C12H15Cl2N. The van der Waals surface area contributed by atoms with Gasteiger partial charge in [0, 0.05) is 21.0 Å². The van der Waals surface area contributed by atoms with Gasteiger partial charge in [-0.05, 0) is 30.5 Å². The Morgan fingerprint density at radius 1 is 1.27 bits per heavy atom. The maximum Gasteiger partial charge on any atom is 0.0458 e. The second-order valence-electron chi connectivity index (χ2n) is 4.91. The van der Waals surface area contributed by atoms with Crippen molar-refractivity contribution in [3.63, 3.8) is 0 Å². The molecule has 0 aliphatic heterocycles. The van der Waals surface area contributed by atoms with Gasteiger partial charge < -0.3 is 5.73 Å². The molecule has 1 aromatic rings. The summed E-state index contributed by atoms with van der Waals surface area (Å²) in [6, 6.07) is 5.64. The highest BCUT2D eigenvalue weighted by Gasteiger charge is 2.52. The zero-order valence-electron chi connectivity index (χ0n) is 8.98. The molecule has 0 unspecified atom stereocenters. The lowest BCUT2D eigenvalue weighted by Gasteiger charge is -2.33. The lowest BCUT2D eigenvalue weighted by atomic mass is 9.76. The molecule has 1 fully saturated rings. The number of nitrogens with two attached hydrogens (primary N) is 1. The summed E-state index contributed by atoms with van der Waals surface area (Å²) >= 11 is 12.1. The van der Waals surface area contributed by atoms with E-state index < -0.39 is 0 Å². The van der Waals surface area contributed by atoms with E-state index in [4.69, 9.17) is 28.9 Å². The van der Waals surface area contributed by atoms with Crippen LogP contribution < -0.4 is 5.73 Å². The molecule has 0 heterocycles. The summed E-state index contributed by atoms with van der Waals surface area (Å²) in [6.07, 6.45) is 2.14. The molecule has 1 aliphatic carbocycles. The summed E-state index contributed by atoms with van der Waals surface area (Å²) in [5.74, 6) is 0. The van der Waals surface area contributed by atoms with Crippen molar-refractivity contribution >= 4 is 23.2 Å². The first kappa shape index (κ1) is 11.3. The number of hydrogen-bond acceptors (Lipinski definition) is 1. The monoisotopic (exact) mass is 243 g/mol. The summed E-state index contributed by atoms with van der Waals surface area (Å²) in [7, 11) is 0. The number of rotatable bonds is 2. The molecule has 1 saturated carbocycles. The molecule has 0 bridgehead atoms. The van der Waals surface area contributed by atoms with Crippen LogP contribution in [0.3, 0.4) is 0 Å². The second kappa shape index (κ2) is 3.38. The van der Waals surface area contributed by atoms with Gasteiger partial charge in [0.2, 0.25) is 0 Å². The zero-order valence-corrected chi connectivity index (χ0v) is 10.5. The summed E-state index contributed by atoms with van der Waals surface area (Å²) in [4.78, 5) is 0. The van der Waals surface area contributed by atoms with Crippen LogP contribution in [-0.2, 0) is 5.41 Å². The van der Waals surface area contributed by atoms with E-state index >= 15 is 0 Å². The standard InChI is InChI=1S/C12H15Cl2N/c1-11(2,12(15)5-6-12)9-4-3-8(13)7-10(9)14/h3-4,7H,5-6,15H2,1-2H3. The van der Waals surface area contributed by atoms with E-state index in [1.807, 2.05) is 12.1 Å². The van der Waals surface area contributed by atoms with E-state index in [1.54, 1.807) is 6.07 Å². The molecule has 0 saturated heterocycles. The van der Waals surface area contributed by atoms with Crippen LogP contribution in [-0.4, -0.2) is 5.54 Å². The lowest BCUT2D eigenvalue weighted by Crippen LogP contribution is -2.43. The van der Waals surface area contributed by atoms with Crippen LogP contribution in [0.2, 0.25) is 10.0 Å². The van der Waals surface area contributed by atoms with Crippen molar-refractivity contribution in [1.82, 2.24) is 0 Å². The fraction of sp³-hybridized carbons (Fsp3) is 0.500. The third-order valence-electron chi connectivity index (χ3n) is 3.64. The molecule has 3 heteroatoms. The van der Waals surface area contributed by atoms with Crippen LogP contribution in [0.5, 0.6) is 0 Å². The summed E-state index contributed by atoms with van der Waals surface area (Å²) < 4.78 is 0. The highest BCUT2D eigenvalue weighted by molar-refractivity contribution is 6.35. The lowest BCUT2D eigenvalue weighted by molar-refractivity contribution is 0.391. The SMILES string of the molecule is CC(C)(c1ccc(Cl)cc1Cl)C1(N)CC1. The predicted octanol–water partition coefficient (Wildman–Crippen LogP) is 3.76. The van der Waals surface area contributed by atoms with Gasteiger partial charge in [-0.2, -0.15) is 0 Å². The Hall–Kier alpha value is -0.240. The molecule has 2 rings (SSSR count). The largest absolute Gasteiger partial charge is 0.324 e. The summed E-state index contributed by atoms with van der Waals surface area (Å²) in [6.45, 7) is 4.30. The molecule has 1 aliphatic rings. The smallest absolute Gasteiger partial charge is 0.0458 e. The van der Waals surface area contributed by atoms with Crippen molar-refractivity contribution in [2.24, 2.45) is 5.73 Å². The van der Waals surface area contributed by atoms with Crippen molar-refractivity contribution in [2.75, 3.05) is 0 Å². The Labute approximate surface area is 101 Å². The maximum absolute atomic E-state index is 6.27. The molecule has 82 valence electrons. The van der Waals surface area contributed by atoms with Gasteiger partial charge in [0.05, 0.1) is 0 Å². The molecule has 1 nitrogen and oxygen atoms in total. The third-order valence-corrected chi connectivity index (χ3v) is 4.19. The maximum atomic E-state index is 6.27. The second-order valence-corrected chi connectivity index (χ2v) is 5.75. The van der Waals surface area contributed by atoms with Crippen molar-refractivity contribution < 1.29 is 0 Å². The van der Waals surface area contributed by atoms with E-state index in [9.17, 15) is 0 Å². The van der Waals surface area contributed by atoms with Crippen LogP contribution in [0.25, 0.3) is 0 Å². The Morgan fingerprint density at radius 3 is 2.33 bits per heavy atom. The highest BCUT2D eigenvalue weighted by Crippen LogP contribution is 2.50. The normalized spacial score (nSPS) is 19.0. The van der Waals surface area contributed by atoms with Gasteiger partial charge >= 0.3 is 0 Å². The van der Waals surface area contributed by atoms with Crippen LogP contribution in [0.4, 0.5) is 0 Å². The van der Waals surface area contributed by atoms with Gasteiger partial charge in [0.25, 0.3) is 0 Å². The van der Waals surface area contributed by atoms with Crippen LogP contribution >= 0.6 is 23.2 Å². The van der Waals surface area contributed by atoms with Gasteiger partial charge in [0.15, 0.2) is 0 Å². The molecule has 0 atom stereocenters. The molecule has 0 aromatic heterocycles. The first-order valence-corrected chi connectivity index (χ1v) is 5.87. The Balaban J connectivity index is 2.45. The minimum atomic E-state index is -0.0928. The Morgan fingerprint density at radius 2 is 1.87 bits per heavy atom. The molecule has 0 amide bonds. The molecular weight excluding hydrogens is 229 g/mol. The molecule has 0 spiro atoms. The van der Waals surface area contributed by atoms with Gasteiger partial charge in [-0.15, -0.1) is 0 Å². The molecule has 0 radical (unpaired) electrons. The Bertz CT molecular complexity index is 395. The van der Waals surface area contributed by atoms with Gasteiger partial charge in [-0.1, -0.05) is 43.1 Å². The summed E-state index contributed by atoms with van der Waals surface area (Å²) in [5.41, 5.74) is 7.18. The van der Waals surface area contributed by atoms with E-state index in [1.165, 1.54) is 0 Å². The van der Waals surface area contributed by atoms with Crippen molar-refractivity contribution in [1.29, 1.82) is 0 Å². The molecule has 1 aromatic carbocycles. The van der Waals surface area contributed by atoms with Crippen molar-refractivity contribution in [3.05, 3.63) is 33.8 Å². The van der Waals surface area contributed by atoms with Gasteiger partial charge in [-0.3, -0.25) is 0 Å². The summed E-state index contributed by atoms with van der Waals surface area (Å²) in [5, 5.41) is 1.38. The number of halogens is 2. The molecule has 15 heavy (non-hydrogen) atoms. The number of benzene rings is 1. The van der Waals surface area contributed by atoms with Gasteiger partial charge in [0.1, 0.15) is 0 Å². The van der Waals surface area contributed by atoms with E-state index in [0.717, 1.165) is 18.4 Å². The minimum absolute atomic E-state index is 0.0886. The van der Waals surface area contributed by atoms with E-state index in [0.29, 0.717) is 10.0 Å². The fourth-order valence-corrected chi connectivity index (χ4v) is 2.67. The van der Waals surface area contributed by atoms with Crippen LogP contribution in [0.15, 0.2) is 18.2 Å². The minimum Gasteiger partial charge on any atom is -0.324 e. The number of hydrogen-bond donors (Lipinski definition) is 1. The predicted molar refractivity (Wildman–Crippen MR) is 65.6 cm³/mol. The third kappa shape index (κ3) is 1.77. The highest BCUT2D eigenvalue weighted by atomic mass is 35.5. The van der Waals surface area contributed by atoms with E-state index in [-0.39, 0.29) is 11.0 Å². The quantitative estimate of drug-likeness (QED) is 0.842. The van der Waals surface area contributed by atoms with Crippen LogP contribution in [0, 0.1) is 0 Å². The Kier molecular flexibility index (Phi) is 2.53. The average molecular weight is 244 g/mol. The molecule has 2 N–H and O–H groups in total. The van der Waals surface area contributed by atoms with Crippen molar-refractivity contribution in [3.8, 4) is 0 Å². The first-order valence-electron chi connectivity index (χ1n) is 5.11. The van der Waals surface area contributed by atoms with Crippen molar-refractivity contribution in [2.45, 2.75) is 37.6 Å². The zero-order chi connectivity index (χ0) is 11.3. The van der Waals surface area contributed by atoms with E-state index in [2.05, 4.69) is 13.8 Å². The van der Waals surface area contributed by atoms with Crippen LogP contribution in [0.1, 0.15) is 32.3 Å². The van der Waals surface area contributed by atoms with Gasteiger partial charge in [-0.25, -0.2) is 0 Å². The first-order chi connectivity index (χ1) is 6.87. The average Bonchev–Trinajstić information content (AvgIpc) is 2.84.